The molecular formula is C21H27NO2. The lowest BCUT2D eigenvalue weighted by molar-refractivity contribution is -0.116. The lowest BCUT2D eigenvalue weighted by Gasteiger charge is -2.10. The van der Waals surface area contributed by atoms with Gasteiger partial charge >= 0.3 is 0 Å². The molecular weight excluding hydrogens is 298 g/mol. The summed E-state index contributed by atoms with van der Waals surface area (Å²) in [5.41, 5.74) is 4.79. The molecule has 0 aliphatic carbocycles. The molecule has 0 aliphatic heterocycles. The van der Waals surface area contributed by atoms with Crippen molar-refractivity contribution in [3.05, 3.63) is 58.7 Å². The standard InChI is InChI=1S/C21H27NO2/c1-14(2)11-18-7-5-17(6-8-18)9-10-20(23)22-19-12-15(3)21(24)16(4)13-19/h5-8,12-14,24H,9-11H2,1-4H3,(H,22,23). The Morgan fingerprint density at radius 2 is 1.58 bits per heavy atom. The number of phenolic OH excluding ortho intramolecular Hbond substituents is 1. The van der Waals surface area contributed by atoms with Crippen molar-refractivity contribution in [1.29, 1.82) is 0 Å². The molecule has 1 amide bonds. The van der Waals surface area contributed by atoms with Crippen LogP contribution in [0.2, 0.25) is 0 Å². The van der Waals surface area contributed by atoms with Gasteiger partial charge in [-0.3, -0.25) is 4.79 Å². The molecule has 128 valence electrons. The molecule has 3 heteroatoms. The molecule has 0 bridgehead atoms. The summed E-state index contributed by atoms with van der Waals surface area (Å²) >= 11 is 0. The zero-order chi connectivity index (χ0) is 17.7. The Hall–Kier alpha value is -2.29. The summed E-state index contributed by atoms with van der Waals surface area (Å²) < 4.78 is 0. The average Bonchev–Trinajstić information content (AvgIpc) is 2.51. The predicted octanol–water partition coefficient (Wildman–Crippen LogP) is 4.78. The largest absolute Gasteiger partial charge is 0.507 e. The first-order valence-corrected chi connectivity index (χ1v) is 8.53. The number of carbonyl (C=O) groups excluding carboxylic acids is 1. The van der Waals surface area contributed by atoms with Gasteiger partial charge in [-0.1, -0.05) is 38.1 Å². The molecule has 0 unspecified atom stereocenters. The van der Waals surface area contributed by atoms with Crippen molar-refractivity contribution >= 4 is 11.6 Å². The third-order valence-corrected chi connectivity index (χ3v) is 4.08. The van der Waals surface area contributed by atoms with E-state index in [1.807, 2.05) is 13.8 Å². The Morgan fingerprint density at radius 1 is 1.04 bits per heavy atom. The summed E-state index contributed by atoms with van der Waals surface area (Å²) in [7, 11) is 0. The van der Waals surface area contributed by atoms with Crippen LogP contribution in [0.1, 0.15) is 42.5 Å². The van der Waals surface area contributed by atoms with Gasteiger partial charge in [-0.25, -0.2) is 0 Å². The number of benzene rings is 2. The minimum absolute atomic E-state index is 0.00857. The first-order valence-electron chi connectivity index (χ1n) is 8.53. The molecule has 2 aromatic rings. The zero-order valence-corrected chi connectivity index (χ0v) is 15.0. The number of hydrogen-bond donors (Lipinski definition) is 2. The molecule has 0 atom stereocenters. The Bertz CT molecular complexity index is 679. The molecule has 0 radical (unpaired) electrons. The van der Waals surface area contributed by atoms with Crippen molar-refractivity contribution in [2.24, 2.45) is 5.92 Å². The van der Waals surface area contributed by atoms with Crippen molar-refractivity contribution < 1.29 is 9.90 Å². The van der Waals surface area contributed by atoms with E-state index in [2.05, 4.69) is 43.4 Å². The van der Waals surface area contributed by atoms with Crippen molar-refractivity contribution in [3.8, 4) is 5.75 Å². The highest BCUT2D eigenvalue weighted by Gasteiger charge is 2.07. The van der Waals surface area contributed by atoms with Crippen molar-refractivity contribution in [2.75, 3.05) is 5.32 Å². The van der Waals surface area contributed by atoms with Gasteiger partial charge in [0.1, 0.15) is 5.75 Å². The van der Waals surface area contributed by atoms with Gasteiger partial charge in [0.05, 0.1) is 0 Å². The maximum absolute atomic E-state index is 12.1. The molecule has 0 aliphatic rings. The first-order chi connectivity index (χ1) is 11.3. The summed E-state index contributed by atoms with van der Waals surface area (Å²) in [6, 6.07) is 12.1. The second-order valence-corrected chi connectivity index (χ2v) is 6.92. The van der Waals surface area contributed by atoms with E-state index in [0.717, 1.165) is 29.7 Å². The van der Waals surface area contributed by atoms with E-state index in [-0.39, 0.29) is 11.7 Å². The van der Waals surface area contributed by atoms with Crippen LogP contribution in [0, 0.1) is 19.8 Å². The van der Waals surface area contributed by atoms with Crippen molar-refractivity contribution in [1.82, 2.24) is 0 Å². The maximum Gasteiger partial charge on any atom is 0.224 e. The molecule has 0 saturated carbocycles. The minimum Gasteiger partial charge on any atom is -0.507 e. The van der Waals surface area contributed by atoms with Crippen LogP contribution in [0.3, 0.4) is 0 Å². The molecule has 0 spiro atoms. The molecule has 0 aromatic heterocycles. The van der Waals surface area contributed by atoms with Crippen LogP contribution in [-0.2, 0) is 17.6 Å². The van der Waals surface area contributed by atoms with E-state index >= 15 is 0 Å². The number of phenols is 1. The third-order valence-electron chi connectivity index (χ3n) is 4.08. The van der Waals surface area contributed by atoms with E-state index in [1.165, 1.54) is 11.1 Å². The molecule has 2 N–H and O–H groups in total. The van der Waals surface area contributed by atoms with Gasteiger partial charge in [0.15, 0.2) is 0 Å². The number of hydrogen-bond acceptors (Lipinski definition) is 2. The van der Waals surface area contributed by atoms with E-state index < -0.39 is 0 Å². The van der Waals surface area contributed by atoms with Gasteiger partial charge < -0.3 is 10.4 Å². The monoisotopic (exact) mass is 325 g/mol. The van der Waals surface area contributed by atoms with Crippen LogP contribution in [0.5, 0.6) is 5.75 Å². The zero-order valence-electron chi connectivity index (χ0n) is 15.0. The highest BCUT2D eigenvalue weighted by atomic mass is 16.3. The van der Waals surface area contributed by atoms with Crippen LogP contribution in [0.15, 0.2) is 36.4 Å². The summed E-state index contributed by atoms with van der Waals surface area (Å²) in [6.07, 6.45) is 2.26. The summed E-state index contributed by atoms with van der Waals surface area (Å²) in [5, 5.41) is 12.7. The van der Waals surface area contributed by atoms with Gasteiger partial charge in [0, 0.05) is 12.1 Å². The topological polar surface area (TPSA) is 49.3 Å². The number of aromatic hydroxyl groups is 1. The SMILES string of the molecule is Cc1cc(NC(=O)CCc2ccc(CC(C)C)cc2)cc(C)c1O. The van der Waals surface area contributed by atoms with E-state index in [0.29, 0.717) is 12.3 Å². The molecule has 2 aromatic carbocycles. The van der Waals surface area contributed by atoms with Crippen molar-refractivity contribution in [2.45, 2.75) is 47.0 Å². The lowest BCUT2D eigenvalue weighted by atomic mass is 10.0. The molecule has 0 fully saturated rings. The van der Waals surface area contributed by atoms with E-state index in [9.17, 15) is 9.90 Å². The Kier molecular flexibility index (Phi) is 6.02. The number of rotatable bonds is 6. The first kappa shape index (κ1) is 18.1. The number of carbonyl (C=O) groups is 1. The highest BCUT2D eigenvalue weighted by Crippen LogP contribution is 2.25. The Balaban J connectivity index is 1.89. The number of aryl methyl sites for hydroxylation is 3. The van der Waals surface area contributed by atoms with E-state index in [1.54, 1.807) is 12.1 Å². The number of anilines is 1. The van der Waals surface area contributed by atoms with E-state index in [4.69, 9.17) is 0 Å². The van der Waals surface area contributed by atoms with Gasteiger partial charge in [0.2, 0.25) is 5.91 Å². The molecule has 24 heavy (non-hydrogen) atoms. The summed E-state index contributed by atoms with van der Waals surface area (Å²) in [5.74, 6) is 0.930. The van der Waals surface area contributed by atoms with Crippen molar-refractivity contribution in [3.63, 3.8) is 0 Å². The Morgan fingerprint density at radius 3 is 2.12 bits per heavy atom. The van der Waals surface area contributed by atoms with Gasteiger partial charge in [0.25, 0.3) is 0 Å². The van der Waals surface area contributed by atoms with Gasteiger partial charge in [-0.05, 0) is 67.0 Å². The quantitative estimate of drug-likeness (QED) is 0.751. The van der Waals surface area contributed by atoms with Crippen LogP contribution in [0.25, 0.3) is 0 Å². The fourth-order valence-corrected chi connectivity index (χ4v) is 2.82. The molecule has 3 nitrogen and oxygen atoms in total. The maximum atomic E-state index is 12.1. The smallest absolute Gasteiger partial charge is 0.224 e. The highest BCUT2D eigenvalue weighted by molar-refractivity contribution is 5.91. The normalized spacial score (nSPS) is 10.9. The number of amides is 1. The van der Waals surface area contributed by atoms with Gasteiger partial charge in [-0.2, -0.15) is 0 Å². The van der Waals surface area contributed by atoms with Crippen LogP contribution < -0.4 is 5.32 Å². The lowest BCUT2D eigenvalue weighted by Crippen LogP contribution is -2.12. The second kappa shape index (κ2) is 8.00. The Labute approximate surface area is 144 Å². The fraction of sp³-hybridized carbons (Fsp3) is 0.381. The third kappa shape index (κ3) is 5.12. The molecule has 2 rings (SSSR count). The summed E-state index contributed by atoms with van der Waals surface area (Å²) in [6.45, 7) is 8.09. The average molecular weight is 325 g/mol. The molecule has 0 saturated heterocycles. The summed E-state index contributed by atoms with van der Waals surface area (Å²) in [4.78, 5) is 12.1. The van der Waals surface area contributed by atoms with Crippen LogP contribution >= 0.6 is 0 Å². The minimum atomic E-state index is -0.00857. The fourth-order valence-electron chi connectivity index (χ4n) is 2.82. The van der Waals surface area contributed by atoms with Crippen LogP contribution in [0.4, 0.5) is 5.69 Å². The second-order valence-electron chi connectivity index (χ2n) is 6.92. The van der Waals surface area contributed by atoms with Crippen LogP contribution in [-0.4, -0.2) is 11.0 Å². The molecule has 0 heterocycles. The predicted molar refractivity (Wildman–Crippen MR) is 99.5 cm³/mol. The van der Waals surface area contributed by atoms with Gasteiger partial charge in [-0.15, -0.1) is 0 Å². The number of nitrogens with one attached hydrogen (secondary N) is 1.